The molecule has 0 amide bonds. The summed E-state index contributed by atoms with van der Waals surface area (Å²) in [6.07, 6.45) is 0. The minimum absolute atomic E-state index is 0. The summed E-state index contributed by atoms with van der Waals surface area (Å²) in [4.78, 5) is 9.19. The van der Waals surface area contributed by atoms with Crippen molar-refractivity contribution in [2.24, 2.45) is 5.73 Å². The largest absolute Gasteiger partial charge is 1.00 e. The first-order valence-corrected chi connectivity index (χ1v) is 1.05. The van der Waals surface area contributed by atoms with Crippen LogP contribution in [-0.4, -0.2) is 11.1 Å². The maximum atomic E-state index is 9.19. The molecular formula is C2H4NNaO2. The van der Waals surface area contributed by atoms with E-state index in [0.29, 0.717) is 6.54 Å². The van der Waals surface area contributed by atoms with Crippen molar-refractivity contribution in [1.82, 2.24) is 0 Å². The molecule has 0 aliphatic rings. The number of hydrogen-bond donors (Lipinski definition) is 2. The summed E-state index contributed by atoms with van der Waals surface area (Å²) in [5.41, 5.74) is 4.45. The van der Waals surface area contributed by atoms with Gasteiger partial charge in [-0.3, -0.25) is 4.79 Å². The van der Waals surface area contributed by atoms with Crippen molar-refractivity contribution in [3.05, 3.63) is 6.54 Å². The minimum Gasteiger partial charge on any atom is -0.502 e. The zero-order chi connectivity index (χ0) is 4.28. The van der Waals surface area contributed by atoms with Gasteiger partial charge in [-0.2, -0.15) is 0 Å². The van der Waals surface area contributed by atoms with Gasteiger partial charge in [0.25, 0.3) is 0 Å². The van der Waals surface area contributed by atoms with E-state index in [9.17, 15) is 4.79 Å². The van der Waals surface area contributed by atoms with Crippen LogP contribution in [0.1, 0.15) is 0 Å². The number of nitrogens with two attached hydrogens (primary N) is 1. The molecule has 0 aliphatic carbocycles. The Bertz CT molecular complexity index is 46.8. The van der Waals surface area contributed by atoms with Gasteiger partial charge in [-0.1, -0.05) is 0 Å². The van der Waals surface area contributed by atoms with Gasteiger partial charge in [-0.25, -0.2) is 6.54 Å². The van der Waals surface area contributed by atoms with E-state index in [4.69, 9.17) is 5.11 Å². The summed E-state index contributed by atoms with van der Waals surface area (Å²) >= 11 is 0. The summed E-state index contributed by atoms with van der Waals surface area (Å²) in [7, 11) is 0. The van der Waals surface area contributed by atoms with Crippen LogP contribution in [0.25, 0.3) is 0 Å². The third-order valence-corrected chi connectivity index (χ3v) is 0.143. The SMILES string of the molecule is N[CH-]C(=O)O.[Na+]. The number of rotatable bonds is 1. The molecule has 0 heterocycles. The fourth-order valence-corrected chi connectivity index (χ4v) is 0. The van der Waals surface area contributed by atoms with E-state index >= 15 is 0 Å². The summed E-state index contributed by atoms with van der Waals surface area (Å²) < 4.78 is 0. The molecule has 3 N–H and O–H groups in total. The third kappa shape index (κ3) is 8.85. The number of aliphatic carboxylic acids is 1. The summed E-state index contributed by atoms with van der Waals surface area (Å²) in [6, 6.07) is 0. The number of hydrogen-bond acceptors (Lipinski definition) is 2. The molecule has 0 spiro atoms. The van der Waals surface area contributed by atoms with Gasteiger partial charge in [0.2, 0.25) is 0 Å². The van der Waals surface area contributed by atoms with Gasteiger partial charge in [-0.05, 0) is 0 Å². The van der Waals surface area contributed by atoms with Crippen molar-refractivity contribution in [1.29, 1.82) is 0 Å². The Morgan fingerprint density at radius 1 is 1.83 bits per heavy atom. The van der Waals surface area contributed by atoms with Crippen LogP contribution in [0.5, 0.6) is 0 Å². The molecular weight excluding hydrogens is 93.0 g/mol. The molecule has 0 unspecified atom stereocenters. The molecule has 0 bridgehead atoms. The Morgan fingerprint density at radius 2 is 2.00 bits per heavy atom. The average molecular weight is 97.0 g/mol. The fraction of sp³-hybridized carbons (Fsp3) is 0. The topological polar surface area (TPSA) is 63.3 Å². The van der Waals surface area contributed by atoms with Crippen molar-refractivity contribution < 1.29 is 39.5 Å². The maximum absolute atomic E-state index is 9.19. The Morgan fingerprint density at radius 3 is 2.00 bits per heavy atom. The maximum Gasteiger partial charge on any atom is 1.00 e. The molecule has 0 aromatic heterocycles. The van der Waals surface area contributed by atoms with Crippen LogP contribution in [0.3, 0.4) is 0 Å². The molecule has 4 heteroatoms. The molecule has 0 atom stereocenters. The van der Waals surface area contributed by atoms with Crippen molar-refractivity contribution >= 4 is 5.97 Å². The molecule has 0 aliphatic heterocycles. The second-order valence-corrected chi connectivity index (χ2v) is 0.505. The van der Waals surface area contributed by atoms with Crippen LogP contribution in [0.15, 0.2) is 0 Å². The standard InChI is InChI=1S/C2H4NO2.Na/c3-1-2(4)5;/h1H,3H2,(H,4,5);/q-1;+1. The van der Waals surface area contributed by atoms with Gasteiger partial charge in [-0.15, -0.1) is 0 Å². The van der Waals surface area contributed by atoms with Crippen LogP contribution in [0, 0.1) is 6.54 Å². The van der Waals surface area contributed by atoms with Crippen molar-refractivity contribution in [2.45, 2.75) is 0 Å². The van der Waals surface area contributed by atoms with Gasteiger partial charge in [0.05, 0.1) is 0 Å². The van der Waals surface area contributed by atoms with Crippen molar-refractivity contribution in [3.8, 4) is 0 Å². The van der Waals surface area contributed by atoms with Crippen LogP contribution in [0.4, 0.5) is 0 Å². The molecule has 0 aromatic carbocycles. The summed E-state index contributed by atoms with van der Waals surface area (Å²) in [5.74, 6) is -1.09. The smallest absolute Gasteiger partial charge is 0.502 e. The Labute approximate surface area is 57.8 Å². The van der Waals surface area contributed by atoms with E-state index in [1.807, 2.05) is 0 Å². The molecule has 30 valence electrons. The molecule has 3 nitrogen and oxygen atoms in total. The van der Waals surface area contributed by atoms with Crippen LogP contribution >= 0.6 is 0 Å². The van der Waals surface area contributed by atoms with E-state index in [-0.39, 0.29) is 29.6 Å². The average Bonchev–Trinajstić information content (AvgIpc) is 1.38. The van der Waals surface area contributed by atoms with E-state index in [1.54, 1.807) is 0 Å². The number of carboxylic acid groups (broad SMARTS) is 1. The molecule has 0 radical (unpaired) electrons. The van der Waals surface area contributed by atoms with Gasteiger partial charge in [0.1, 0.15) is 0 Å². The van der Waals surface area contributed by atoms with Gasteiger partial charge in [0.15, 0.2) is 5.97 Å². The molecule has 0 fully saturated rings. The quantitative estimate of drug-likeness (QED) is 0.260. The monoisotopic (exact) mass is 97.0 g/mol. The van der Waals surface area contributed by atoms with E-state index < -0.39 is 5.97 Å². The number of carboxylic acids is 1. The number of carbonyl (C=O) groups is 1. The molecule has 6 heavy (non-hydrogen) atoms. The summed E-state index contributed by atoms with van der Waals surface area (Å²) in [6.45, 7) is 0.583. The zero-order valence-corrected chi connectivity index (χ0v) is 5.51. The van der Waals surface area contributed by atoms with Gasteiger partial charge < -0.3 is 10.8 Å². The first-order chi connectivity index (χ1) is 2.27. The minimum atomic E-state index is -1.09. The van der Waals surface area contributed by atoms with E-state index in [0.717, 1.165) is 0 Å². The Balaban J connectivity index is 0. The fourth-order valence-electron chi connectivity index (χ4n) is 0. The summed E-state index contributed by atoms with van der Waals surface area (Å²) in [5, 5.41) is 7.54. The predicted molar refractivity (Wildman–Crippen MR) is 16.1 cm³/mol. The van der Waals surface area contributed by atoms with Crippen LogP contribution in [0.2, 0.25) is 0 Å². The second kappa shape index (κ2) is 5.30. The van der Waals surface area contributed by atoms with E-state index in [1.165, 1.54) is 0 Å². The van der Waals surface area contributed by atoms with E-state index in [2.05, 4.69) is 5.73 Å². The first-order valence-electron chi connectivity index (χ1n) is 1.05. The zero-order valence-electron chi connectivity index (χ0n) is 3.51. The van der Waals surface area contributed by atoms with Gasteiger partial charge >= 0.3 is 29.6 Å². The third-order valence-electron chi connectivity index (χ3n) is 0.143. The second-order valence-electron chi connectivity index (χ2n) is 0.505. The van der Waals surface area contributed by atoms with Gasteiger partial charge in [0, 0.05) is 0 Å². The first kappa shape index (κ1) is 9.57. The molecule has 0 aromatic rings. The van der Waals surface area contributed by atoms with Crippen molar-refractivity contribution in [3.63, 3.8) is 0 Å². The van der Waals surface area contributed by atoms with Crippen LogP contribution in [-0.2, 0) is 4.79 Å². The predicted octanol–water partition coefficient (Wildman–Crippen LogP) is -3.80. The Hall–Kier alpha value is 0.300. The van der Waals surface area contributed by atoms with Crippen molar-refractivity contribution in [2.75, 3.05) is 0 Å². The molecule has 0 rings (SSSR count). The van der Waals surface area contributed by atoms with Crippen LogP contribution < -0.4 is 35.3 Å². The molecule has 0 saturated carbocycles. The molecule has 0 saturated heterocycles. The Kier molecular flexibility index (Phi) is 8.45. The normalized spacial score (nSPS) is 5.50.